The van der Waals surface area contributed by atoms with Crippen LogP contribution in [0.5, 0.6) is 0 Å². The second-order valence-electron chi connectivity index (χ2n) is 12.1. The molecule has 1 aliphatic heterocycles. The quantitative estimate of drug-likeness (QED) is 0.128. The van der Waals surface area contributed by atoms with Gasteiger partial charge in [-0.25, -0.2) is 5.23 Å². The molecular weight excluding hydrogens is 596 g/mol. The maximum atomic E-state index is 13.5. The lowest BCUT2D eigenvalue weighted by molar-refractivity contribution is -0.291. The number of ketones is 1. The van der Waals surface area contributed by atoms with E-state index in [-0.39, 0.29) is 30.0 Å². The fourth-order valence-electron chi connectivity index (χ4n) is 5.61. The summed E-state index contributed by atoms with van der Waals surface area (Å²) in [5, 5.41) is 18.8. The molecule has 0 aromatic carbocycles. The van der Waals surface area contributed by atoms with Crippen molar-refractivity contribution in [1.29, 1.82) is 0 Å². The van der Waals surface area contributed by atoms with Crippen molar-refractivity contribution in [1.82, 2.24) is 14.9 Å². The van der Waals surface area contributed by atoms with Crippen molar-refractivity contribution >= 4 is 42.2 Å². The third-order valence-electron chi connectivity index (χ3n) is 8.22. The number of aromatic nitrogens is 1. The highest BCUT2D eigenvalue weighted by atomic mass is 17.0. The Balaban J connectivity index is 2.02. The average molecular weight is 646 g/mol. The molecule has 1 amide bonds. The van der Waals surface area contributed by atoms with Crippen molar-refractivity contribution in [2.45, 2.75) is 92.7 Å². The van der Waals surface area contributed by atoms with E-state index in [0.29, 0.717) is 18.7 Å². The van der Waals surface area contributed by atoms with Crippen LogP contribution in [0.15, 0.2) is 65.4 Å². The van der Waals surface area contributed by atoms with Crippen LogP contribution in [0.4, 0.5) is 0 Å². The van der Waals surface area contributed by atoms with Crippen molar-refractivity contribution in [3.05, 3.63) is 87.3 Å². The number of Topliss-reactive ketones (excluding diaryl/α,β-unsaturated/α-hetero) is 1. The molecular formula is C37H49N4O6-. The van der Waals surface area contributed by atoms with E-state index in [2.05, 4.69) is 48.0 Å². The molecule has 254 valence electrons. The molecule has 0 N–H and O–H groups in total. The van der Waals surface area contributed by atoms with Gasteiger partial charge in [0.05, 0.1) is 11.8 Å². The monoisotopic (exact) mass is 645 g/mol. The maximum Gasteiger partial charge on any atom is 0.253 e. The van der Waals surface area contributed by atoms with Crippen LogP contribution in [0.3, 0.4) is 0 Å². The zero-order valence-electron chi connectivity index (χ0n) is 29.0. The van der Waals surface area contributed by atoms with Gasteiger partial charge in [0, 0.05) is 67.0 Å². The van der Waals surface area contributed by atoms with E-state index in [9.17, 15) is 14.8 Å². The summed E-state index contributed by atoms with van der Waals surface area (Å²) >= 11 is 0. The van der Waals surface area contributed by atoms with Crippen molar-refractivity contribution < 1.29 is 24.1 Å². The topological polar surface area (TPSA) is 112 Å². The molecule has 2 heterocycles. The van der Waals surface area contributed by atoms with Crippen LogP contribution in [-0.2, 0) is 30.6 Å². The molecule has 1 aromatic rings. The standard InChI is InChI=1S/C37H49N4O6/c1-11-14-17-30-18-15-16-21-37(30,9)24-31(43)19-20-32-27(6)40(13-3)35(12-2)33(32)22-25(4)34(38-46-36-28(7)45-36)23-26(5)41(29(8)42)47-39(10)44/h11-12,14-18,20-22,26,28,36H,2,6,13,19,23-24H2,1,3-5,7-10H3/q-1/b14-11-,25-22+,30-17-,32-20+,38-34+. The Labute approximate surface area is 278 Å². The first-order chi connectivity index (χ1) is 22.3. The summed E-state index contributed by atoms with van der Waals surface area (Å²) in [6, 6.07) is -0.560. The summed E-state index contributed by atoms with van der Waals surface area (Å²) in [4.78, 5) is 36.5. The Morgan fingerprint density at radius 1 is 1.30 bits per heavy atom. The SMILES string of the molecule is C=Cc1c(/C=C(C)/C(CC(C)N(ON(C)[O-])C(C)=O)=N/OC2OC2C)/c(=C/CC(=O)CC2(C)C=CC=C/C2=C/C=C\C)c(=C)n1CC. The van der Waals surface area contributed by atoms with Gasteiger partial charge in [0.15, 0.2) is 0 Å². The van der Waals surface area contributed by atoms with Gasteiger partial charge in [-0.15, -0.1) is 0 Å². The molecule has 10 heteroatoms. The number of carbonyl (C=O) groups excluding carboxylic acids is 2. The molecule has 10 nitrogen and oxygen atoms in total. The molecule has 1 aromatic heterocycles. The van der Waals surface area contributed by atoms with Gasteiger partial charge < -0.3 is 19.3 Å². The van der Waals surface area contributed by atoms with E-state index < -0.39 is 23.7 Å². The maximum absolute atomic E-state index is 13.5. The van der Waals surface area contributed by atoms with E-state index >= 15 is 0 Å². The normalized spacial score (nSPS) is 23.2. The number of hydrogen-bond donors (Lipinski definition) is 0. The molecule has 0 radical (unpaired) electrons. The molecule has 0 saturated carbocycles. The molecule has 4 unspecified atom stereocenters. The van der Waals surface area contributed by atoms with Crippen LogP contribution in [0.1, 0.15) is 79.0 Å². The predicted octanol–water partition coefficient (Wildman–Crippen LogP) is 5.75. The summed E-state index contributed by atoms with van der Waals surface area (Å²) in [7, 11) is 1.16. The second kappa shape index (κ2) is 16.6. The molecule has 47 heavy (non-hydrogen) atoms. The number of epoxide rings is 1. The Morgan fingerprint density at radius 2 is 2.00 bits per heavy atom. The predicted molar refractivity (Wildman–Crippen MR) is 188 cm³/mol. The lowest BCUT2D eigenvalue weighted by atomic mass is 9.74. The minimum absolute atomic E-state index is 0.0802. The number of allylic oxidation sites excluding steroid dienone is 9. The van der Waals surface area contributed by atoms with Crippen molar-refractivity contribution in [2.24, 2.45) is 10.6 Å². The van der Waals surface area contributed by atoms with Gasteiger partial charge in [-0.05, 0) is 57.9 Å². The minimum Gasteiger partial charge on any atom is -0.761 e. The van der Waals surface area contributed by atoms with Gasteiger partial charge >= 0.3 is 0 Å². The van der Waals surface area contributed by atoms with Crippen molar-refractivity contribution in [3.63, 3.8) is 0 Å². The van der Waals surface area contributed by atoms with Crippen LogP contribution in [0, 0.1) is 10.6 Å². The average Bonchev–Trinajstić information content (AvgIpc) is 3.66. The first-order valence-electron chi connectivity index (χ1n) is 16.0. The first kappa shape index (κ1) is 37.4. The molecule has 4 atom stereocenters. The summed E-state index contributed by atoms with van der Waals surface area (Å²) in [6.45, 7) is 22.0. The zero-order chi connectivity index (χ0) is 34.9. The van der Waals surface area contributed by atoms with E-state index in [0.717, 1.165) is 45.1 Å². The van der Waals surface area contributed by atoms with Crippen LogP contribution >= 0.6 is 0 Å². The fraction of sp³-hybridized carbons (Fsp3) is 0.432. The molecule has 2 aliphatic rings. The number of hydrogen-bond acceptors (Lipinski definition) is 8. The van der Waals surface area contributed by atoms with E-state index in [1.165, 1.54) is 6.92 Å². The lowest BCUT2D eigenvalue weighted by Crippen LogP contribution is -2.41. The highest BCUT2D eigenvalue weighted by molar-refractivity contribution is 6.03. The van der Waals surface area contributed by atoms with E-state index in [1.807, 2.05) is 64.2 Å². The second-order valence-corrected chi connectivity index (χ2v) is 12.1. The minimum atomic E-state index is -0.560. The number of carbonyl (C=O) groups is 2. The molecule has 0 bridgehead atoms. The first-order valence-corrected chi connectivity index (χ1v) is 16.0. The van der Waals surface area contributed by atoms with Gasteiger partial charge in [0.2, 0.25) is 5.91 Å². The Kier molecular flexibility index (Phi) is 13.2. The van der Waals surface area contributed by atoms with Crippen LogP contribution in [0.25, 0.3) is 24.8 Å². The molecule has 3 rings (SSSR count). The summed E-state index contributed by atoms with van der Waals surface area (Å²) < 4.78 is 7.43. The lowest BCUT2D eigenvalue weighted by Gasteiger charge is -2.33. The Hall–Kier alpha value is -4.09. The van der Waals surface area contributed by atoms with Gasteiger partial charge in [0.1, 0.15) is 11.9 Å². The highest BCUT2D eigenvalue weighted by Crippen LogP contribution is 2.37. The fourth-order valence-corrected chi connectivity index (χ4v) is 5.61. The Morgan fingerprint density at radius 3 is 2.57 bits per heavy atom. The number of ether oxygens (including phenoxy) is 1. The van der Waals surface area contributed by atoms with Gasteiger partial charge in [-0.2, -0.15) is 10.0 Å². The van der Waals surface area contributed by atoms with Gasteiger partial charge in [0.25, 0.3) is 6.29 Å². The van der Waals surface area contributed by atoms with Gasteiger partial charge in [-0.3, -0.25) is 9.59 Å². The highest BCUT2D eigenvalue weighted by Gasteiger charge is 2.37. The zero-order valence-corrected chi connectivity index (χ0v) is 29.0. The third-order valence-corrected chi connectivity index (χ3v) is 8.22. The van der Waals surface area contributed by atoms with Crippen molar-refractivity contribution in [2.75, 3.05) is 7.05 Å². The van der Waals surface area contributed by atoms with Crippen molar-refractivity contribution in [3.8, 4) is 0 Å². The van der Waals surface area contributed by atoms with Gasteiger partial charge in [-0.1, -0.05) is 73.8 Å². The molecule has 1 aliphatic carbocycles. The third kappa shape index (κ3) is 9.71. The van der Waals surface area contributed by atoms with Crippen LogP contribution in [0.2, 0.25) is 0 Å². The number of oxime groups is 1. The molecule has 1 fully saturated rings. The Bertz CT molecular complexity index is 1630. The van der Waals surface area contributed by atoms with E-state index in [1.54, 1.807) is 13.0 Å². The van der Waals surface area contributed by atoms with E-state index in [4.69, 9.17) is 14.5 Å². The summed E-state index contributed by atoms with van der Waals surface area (Å²) in [6.07, 6.45) is 20.1. The number of nitrogens with zero attached hydrogens (tertiary/aromatic N) is 4. The summed E-state index contributed by atoms with van der Waals surface area (Å²) in [5.41, 5.74) is 3.64. The number of hydroxylamine groups is 4. The number of amides is 1. The van der Waals surface area contributed by atoms with Crippen LogP contribution < -0.4 is 10.6 Å². The van der Waals surface area contributed by atoms with Crippen LogP contribution in [-0.4, -0.2) is 57.7 Å². The smallest absolute Gasteiger partial charge is 0.253 e. The largest absolute Gasteiger partial charge is 0.761 e. The molecule has 0 spiro atoms. The molecule has 1 saturated heterocycles. The number of rotatable bonds is 16. The summed E-state index contributed by atoms with van der Waals surface area (Å²) in [5.74, 6) is -0.332.